The Bertz CT molecular complexity index is 1190. The minimum absolute atomic E-state index is 0.0174. The van der Waals surface area contributed by atoms with Crippen LogP contribution in [0.4, 0.5) is 5.69 Å². The molecule has 3 N–H and O–H groups in total. The smallest absolute Gasteiger partial charge is 0.274 e. The van der Waals surface area contributed by atoms with Crippen LogP contribution in [0.1, 0.15) is 26.4 Å². The number of halogens is 2. The molecule has 0 atom stereocenters. The minimum Gasteiger partial charge on any atom is -0.480 e. The Labute approximate surface area is 192 Å². The number of nitrogens with zero attached hydrogens (tertiary/aromatic N) is 4. The van der Waals surface area contributed by atoms with Crippen LogP contribution in [0.5, 0.6) is 5.88 Å². The number of amides is 2. The van der Waals surface area contributed by atoms with Crippen LogP contribution in [0.3, 0.4) is 0 Å². The number of pyridine rings is 1. The number of oxime groups is 1. The van der Waals surface area contributed by atoms with Gasteiger partial charge in [0.25, 0.3) is 11.8 Å². The van der Waals surface area contributed by atoms with Gasteiger partial charge in [0.15, 0.2) is 5.82 Å². The van der Waals surface area contributed by atoms with Gasteiger partial charge < -0.3 is 20.6 Å². The maximum atomic E-state index is 13.2. The number of methoxy groups -OCH3 is 1. The van der Waals surface area contributed by atoms with Gasteiger partial charge in [0.2, 0.25) is 5.88 Å². The van der Waals surface area contributed by atoms with E-state index < -0.39 is 11.8 Å². The van der Waals surface area contributed by atoms with Gasteiger partial charge in [-0.25, -0.2) is 9.67 Å². The molecule has 0 aliphatic rings. The molecule has 2 heterocycles. The minimum atomic E-state index is -0.584. The van der Waals surface area contributed by atoms with E-state index in [1.54, 1.807) is 25.1 Å². The van der Waals surface area contributed by atoms with E-state index in [4.69, 9.17) is 33.1 Å². The second-order valence-electron chi connectivity index (χ2n) is 6.40. The normalized spacial score (nSPS) is 10.9. The fourth-order valence-electron chi connectivity index (χ4n) is 2.86. The molecule has 3 rings (SSSR count). The molecule has 0 saturated carbocycles. The predicted octanol–water partition coefficient (Wildman–Crippen LogP) is 3.33. The van der Waals surface area contributed by atoms with Crippen molar-refractivity contribution in [2.45, 2.75) is 6.92 Å². The number of anilines is 1. The lowest BCUT2D eigenvalue weighted by Gasteiger charge is -2.15. The summed E-state index contributed by atoms with van der Waals surface area (Å²) < 4.78 is 6.41. The van der Waals surface area contributed by atoms with E-state index >= 15 is 0 Å². The lowest BCUT2D eigenvalue weighted by molar-refractivity contribution is 0.0960. The molecule has 2 amide bonds. The van der Waals surface area contributed by atoms with Crippen molar-refractivity contribution in [3.05, 3.63) is 63.4 Å². The standard InChI is InChI=1S/C20H18Cl2N6O4/c1-11-8-12(21)9-13(19(29)24-6-7-25-31)17(11)26-20(30)15-10-16(32-2)27-28(15)18-14(22)4-3-5-23-18/h3-5,7-10,31H,6H2,1-2H3,(H,24,29)(H,26,30)/b25-7+. The van der Waals surface area contributed by atoms with Crippen molar-refractivity contribution < 1.29 is 19.5 Å². The summed E-state index contributed by atoms with van der Waals surface area (Å²) in [7, 11) is 1.41. The van der Waals surface area contributed by atoms with Crippen LogP contribution >= 0.6 is 23.2 Å². The van der Waals surface area contributed by atoms with Crippen LogP contribution < -0.4 is 15.4 Å². The summed E-state index contributed by atoms with van der Waals surface area (Å²) in [6.07, 6.45) is 2.62. The van der Waals surface area contributed by atoms with Crippen LogP contribution in [0, 0.1) is 6.92 Å². The first kappa shape index (κ1) is 23.0. The molecule has 2 aromatic heterocycles. The van der Waals surface area contributed by atoms with Gasteiger partial charge in [0.05, 0.1) is 36.1 Å². The molecule has 0 aliphatic heterocycles. The Morgan fingerprint density at radius 1 is 1.28 bits per heavy atom. The van der Waals surface area contributed by atoms with Crippen molar-refractivity contribution >= 4 is 46.9 Å². The van der Waals surface area contributed by atoms with Crippen LogP contribution in [-0.4, -0.2) is 51.7 Å². The third-order valence-electron chi connectivity index (χ3n) is 4.29. The molecule has 0 spiro atoms. The van der Waals surface area contributed by atoms with E-state index in [1.807, 2.05) is 0 Å². The lowest BCUT2D eigenvalue weighted by Crippen LogP contribution is -2.27. The molecule has 0 unspecified atom stereocenters. The van der Waals surface area contributed by atoms with Crippen molar-refractivity contribution in [2.24, 2.45) is 5.16 Å². The molecule has 3 aromatic rings. The van der Waals surface area contributed by atoms with Gasteiger partial charge >= 0.3 is 0 Å². The van der Waals surface area contributed by atoms with Crippen LogP contribution in [0.2, 0.25) is 10.0 Å². The highest BCUT2D eigenvalue weighted by molar-refractivity contribution is 6.32. The van der Waals surface area contributed by atoms with E-state index in [1.165, 1.54) is 30.1 Å². The summed E-state index contributed by atoms with van der Waals surface area (Å²) in [4.78, 5) is 30.0. The van der Waals surface area contributed by atoms with Crippen molar-refractivity contribution in [3.8, 4) is 11.7 Å². The molecule has 1 aromatic carbocycles. The largest absolute Gasteiger partial charge is 0.480 e. The average Bonchev–Trinajstić information content (AvgIpc) is 3.20. The average molecular weight is 477 g/mol. The third-order valence-corrected chi connectivity index (χ3v) is 4.80. The molecule has 0 fully saturated rings. The van der Waals surface area contributed by atoms with E-state index in [2.05, 4.69) is 25.9 Å². The topological polar surface area (TPSA) is 131 Å². The Morgan fingerprint density at radius 3 is 2.75 bits per heavy atom. The highest BCUT2D eigenvalue weighted by Gasteiger charge is 2.23. The maximum absolute atomic E-state index is 13.2. The summed E-state index contributed by atoms with van der Waals surface area (Å²) in [5, 5.41) is 21.4. The Kier molecular flexibility index (Phi) is 7.29. The maximum Gasteiger partial charge on any atom is 0.274 e. The SMILES string of the molecule is COc1cc(C(=O)Nc2c(C)cc(Cl)cc2C(=O)NC/C=N/O)n(-c2ncccc2Cl)n1. The molecule has 0 aliphatic carbocycles. The molecular formula is C20H18Cl2N6O4. The number of hydrogen-bond acceptors (Lipinski definition) is 7. The van der Waals surface area contributed by atoms with Gasteiger partial charge in [-0.15, -0.1) is 10.3 Å². The predicted molar refractivity (Wildman–Crippen MR) is 120 cm³/mol. The first-order valence-electron chi connectivity index (χ1n) is 9.16. The van der Waals surface area contributed by atoms with Gasteiger partial charge in [0, 0.05) is 17.3 Å². The number of carbonyl (C=O) groups is 2. The third kappa shape index (κ3) is 4.98. The van der Waals surface area contributed by atoms with Gasteiger partial charge in [0.1, 0.15) is 5.69 Å². The lowest BCUT2D eigenvalue weighted by atomic mass is 10.1. The van der Waals surface area contributed by atoms with Crippen molar-refractivity contribution in [1.29, 1.82) is 0 Å². The fourth-order valence-corrected chi connectivity index (χ4v) is 3.33. The van der Waals surface area contributed by atoms with E-state index in [0.29, 0.717) is 10.6 Å². The first-order chi connectivity index (χ1) is 15.3. The molecule has 0 saturated heterocycles. The van der Waals surface area contributed by atoms with Gasteiger partial charge in [-0.05, 0) is 36.8 Å². The highest BCUT2D eigenvalue weighted by Crippen LogP contribution is 2.28. The Hall–Kier alpha value is -3.63. The highest BCUT2D eigenvalue weighted by atomic mass is 35.5. The zero-order valence-electron chi connectivity index (χ0n) is 17.0. The van der Waals surface area contributed by atoms with Crippen molar-refractivity contribution in [1.82, 2.24) is 20.1 Å². The van der Waals surface area contributed by atoms with Crippen molar-refractivity contribution in [3.63, 3.8) is 0 Å². The zero-order valence-corrected chi connectivity index (χ0v) is 18.5. The monoisotopic (exact) mass is 476 g/mol. The number of benzene rings is 1. The van der Waals surface area contributed by atoms with E-state index in [9.17, 15) is 9.59 Å². The second kappa shape index (κ2) is 10.1. The second-order valence-corrected chi connectivity index (χ2v) is 7.24. The molecular weight excluding hydrogens is 459 g/mol. The van der Waals surface area contributed by atoms with E-state index in [-0.39, 0.29) is 40.2 Å². The van der Waals surface area contributed by atoms with Crippen molar-refractivity contribution in [2.75, 3.05) is 19.0 Å². The number of aromatic nitrogens is 3. The molecule has 32 heavy (non-hydrogen) atoms. The number of nitrogens with one attached hydrogen (secondary N) is 2. The molecule has 0 radical (unpaired) electrons. The molecule has 10 nitrogen and oxygen atoms in total. The van der Waals surface area contributed by atoms with Crippen LogP contribution in [0.15, 0.2) is 41.7 Å². The Morgan fingerprint density at radius 2 is 2.06 bits per heavy atom. The zero-order chi connectivity index (χ0) is 23.3. The molecule has 166 valence electrons. The number of rotatable bonds is 7. The van der Waals surface area contributed by atoms with Crippen LogP contribution in [-0.2, 0) is 0 Å². The molecule has 12 heteroatoms. The summed E-state index contributed by atoms with van der Waals surface area (Å²) in [6, 6.07) is 7.71. The number of ether oxygens (including phenoxy) is 1. The summed E-state index contributed by atoms with van der Waals surface area (Å²) in [5.41, 5.74) is 1.01. The fraction of sp³-hybridized carbons (Fsp3) is 0.150. The summed E-state index contributed by atoms with van der Waals surface area (Å²) in [5.74, 6) is -0.703. The molecule has 0 bridgehead atoms. The van der Waals surface area contributed by atoms with Gasteiger partial charge in [-0.1, -0.05) is 23.2 Å². The quantitative estimate of drug-likeness (QED) is 0.272. The number of hydrogen-bond donors (Lipinski definition) is 3. The van der Waals surface area contributed by atoms with Gasteiger partial charge in [-0.2, -0.15) is 0 Å². The van der Waals surface area contributed by atoms with Crippen LogP contribution in [0.25, 0.3) is 5.82 Å². The number of aryl methyl sites for hydroxylation is 1. The van der Waals surface area contributed by atoms with E-state index in [0.717, 1.165) is 6.21 Å². The first-order valence-corrected chi connectivity index (χ1v) is 9.91. The number of carbonyl (C=O) groups excluding carboxylic acids is 2. The summed E-state index contributed by atoms with van der Waals surface area (Å²) >= 11 is 12.3. The Balaban J connectivity index is 2.00. The van der Waals surface area contributed by atoms with Gasteiger partial charge in [-0.3, -0.25) is 9.59 Å². The summed E-state index contributed by atoms with van der Waals surface area (Å²) in [6.45, 7) is 1.68.